The van der Waals surface area contributed by atoms with E-state index in [-0.39, 0.29) is 10.8 Å². The molecule has 0 spiro atoms. The number of aryl methyl sites for hydroxylation is 1. The minimum Gasteiger partial charge on any atom is -0.309 e. The second-order valence-electron chi connectivity index (χ2n) is 22.9. The fourth-order valence-corrected chi connectivity index (χ4v) is 14.0. The Labute approximate surface area is 463 Å². The summed E-state index contributed by atoms with van der Waals surface area (Å²) < 4.78 is 0. The molecule has 0 saturated heterocycles. The highest BCUT2D eigenvalue weighted by Gasteiger charge is 2.38. The zero-order valence-electron chi connectivity index (χ0n) is 45.2. The van der Waals surface area contributed by atoms with Crippen molar-refractivity contribution in [2.24, 2.45) is 0 Å². The van der Waals surface area contributed by atoms with Crippen molar-refractivity contribution in [2.45, 2.75) is 45.4 Å². The van der Waals surface area contributed by atoms with Crippen molar-refractivity contribution in [2.75, 3.05) is 9.80 Å². The second-order valence-corrected chi connectivity index (χ2v) is 22.9. The number of fused-ring (bicyclic) bond motifs is 10. The smallest absolute Gasteiger partial charge is 0.0618 e. The van der Waals surface area contributed by atoms with Crippen molar-refractivity contribution >= 4 is 77.2 Å². The van der Waals surface area contributed by atoms with Crippen molar-refractivity contribution in [3.63, 3.8) is 0 Å². The van der Waals surface area contributed by atoms with Gasteiger partial charge in [0.2, 0.25) is 0 Å². The molecule has 2 heteroatoms. The fraction of sp³-hybridized carbons (Fsp3) is 0.0909. The summed E-state index contributed by atoms with van der Waals surface area (Å²) in [4.78, 5) is 5.02. The Morgan fingerprint density at radius 1 is 0.253 bits per heavy atom. The average Bonchev–Trinajstić information content (AvgIpc) is 4.09. The Bertz CT molecular complexity index is 4220. The van der Waals surface area contributed by atoms with Gasteiger partial charge in [0.25, 0.3) is 0 Å². The van der Waals surface area contributed by atoms with E-state index in [1.807, 2.05) is 0 Å². The maximum Gasteiger partial charge on any atom is 0.0618 e. The molecule has 2 aliphatic carbocycles. The average molecular weight is 1010 g/mol. The molecule has 13 aromatic rings. The number of anilines is 6. The standard InChI is InChI=1S/C77H58N2/c1-49-44-50(72-60-30-12-16-34-64(60)74(65-35-17-13-31-61(65)72)78(52-24-8-6-9-25-52)54-40-42-58-56-28-20-22-38-68(56)76(2,3)70(58)47-54)46-51(45-49)73-62-32-14-18-36-66(62)75(67-37-19-15-33-63(67)73)79(53-26-10-7-11-27-53)55-41-43-59-57-29-21-23-39-69(57)77(4,5)71(59)48-55/h6-48H,1-5H3. The topological polar surface area (TPSA) is 6.48 Å². The summed E-state index contributed by atoms with van der Waals surface area (Å²) in [7, 11) is 0. The molecule has 79 heavy (non-hydrogen) atoms. The van der Waals surface area contributed by atoms with Crippen LogP contribution in [0.5, 0.6) is 0 Å². The third-order valence-electron chi connectivity index (χ3n) is 17.6. The van der Waals surface area contributed by atoms with E-state index in [1.54, 1.807) is 0 Å². The van der Waals surface area contributed by atoms with Gasteiger partial charge in [-0.25, -0.2) is 0 Å². The predicted octanol–water partition coefficient (Wildman–Crippen LogP) is 21.5. The molecule has 0 saturated carbocycles. The lowest BCUT2D eigenvalue weighted by atomic mass is 9.82. The Kier molecular flexibility index (Phi) is 10.5. The van der Waals surface area contributed by atoms with Gasteiger partial charge in [-0.05, 0) is 155 Å². The molecule has 0 fully saturated rings. The van der Waals surface area contributed by atoms with E-state index in [9.17, 15) is 0 Å². The zero-order chi connectivity index (χ0) is 53.1. The molecule has 0 radical (unpaired) electrons. The molecular weight excluding hydrogens is 953 g/mol. The first kappa shape index (κ1) is 46.8. The van der Waals surface area contributed by atoms with Crippen molar-refractivity contribution in [1.82, 2.24) is 0 Å². The third kappa shape index (κ3) is 7.10. The van der Waals surface area contributed by atoms with Gasteiger partial charge < -0.3 is 9.80 Å². The summed E-state index contributed by atoms with van der Waals surface area (Å²) in [5.74, 6) is 0. The van der Waals surface area contributed by atoms with Gasteiger partial charge in [0.05, 0.1) is 11.4 Å². The molecule has 0 aliphatic heterocycles. The molecule has 15 rings (SSSR count). The summed E-state index contributed by atoms with van der Waals surface area (Å²) in [6, 6.07) is 97.7. The van der Waals surface area contributed by atoms with Crippen molar-refractivity contribution in [3.05, 3.63) is 289 Å². The van der Waals surface area contributed by atoms with E-state index in [2.05, 4.69) is 305 Å². The lowest BCUT2D eigenvalue weighted by Gasteiger charge is -2.31. The first-order valence-corrected chi connectivity index (χ1v) is 27.8. The maximum atomic E-state index is 2.51. The van der Waals surface area contributed by atoms with Gasteiger partial charge in [-0.1, -0.05) is 234 Å². The number of nitrogens with zero attached hydrogens (tertiary/aromatic N) is 2. The largest absolute Gasteiger partial charge is 0.309 e. The number of para-hydroxylation sites is 2. The molecule has 376 valence electrons. The summed E-state index contributed by atoms with van der Waals surface area (Å²) in [6.45, 7) is 11.8. The molecule has 0 amide bonds. The van der Waals surface area contributed by atoms with Crippen LogP contribution in [0.25, 0.3) is 87.6 Å². The van der Waals surface area contributed by atoms with Crippen LogP contribution >= 0.6 is 0 Å². The van der Waals surface area contributed by atoms with E-state index >= 15 is 0 Å². The van der Waals surface area contributed by atoms with Crippen molar-refractivity contribution in [1.29, 1.82) is 0 Å². The Morgan fingerprint density at radius 3 is 0.924 bits per heavy atom. The molecule has 0 unspecified atom stereocenters. The lowest BCUT2D eigenvalue weighted by Crippen LogP contribution is -2.17. The highest BCUT2D eigenvalue weighted by atomic mass is 15.2. The van der Waals surface area contributed by atoms with Gasteiger partial charge in [0.1, 0.15) is 0 Å². The third-order valence-corrected chi connectivity index (χ3v) is 17.6. The predicted molar refractivity (Wildman–Crippen MR) is 337 cm³/mol. The van der Waals surface area contributed by atoms with Gasteiger partial charge in [0.15, 0.2) is 0 Å². The van der Waals surface area contributed by atoms with Crippen LogP contribution in [-0.4, -0.2) is 0 Å². The fourth-order valence-electron chi connectivity index (χ4n) is 14.0. The van der Waals surface area contributed by atoms with Gasteiger partial charge >= 0.3 is 0 Å². The van der Waals surface area contributed by atoms with Gasteiger partial charge in [-0.15, -0.1) is 0 Å². The van der Waals surface area contributed by atoms with Crippen molar-refractivity contribution in [3.8, 4) is 44.5 Å². The Balaban J connectivity index is 0.941. The van der Waals surface area contributed by atoms with E-state index < -0.39 is 0 Å². The molecule has 2 aliphatic rings. The minimum atomic E-state index is -0.146. The molecule has 0 atom stereocenters. The van der Waals surface area contributed by atoms with Gasteiger partial charge in [-0.2, -0.15) is 0 Å². The summed E-state index contributed by atoms with van der Waals surface area (Å²) in [5, 5.41) is 9.66. The highest BCUT2D eigenvalue weighted by molar-refractivity contribution is 6.25. The molecular formula is C77H58N2. The van der Waals surface area contributed by atoms with Crippen LogP contribution in [0.2, 0.25) is 0 Å². The lowest BCUT2D eigenvalue weighted by molar-refractivity contribution is 0.660. The van der Waals surface area contributed by atoms with Crippen LogP contribution in [0.3, 0.4) is 0 Å². The van der Waals surface area contributed by atoms with Crippen LogP contribution in [0.4, 0.5) is 34.1 Å². The van der Waals surface area contributed by atoms with Crippen LogP contribution in [0.1, 0.15) is 55.5 Å². The van der Waals surface area contributed by atoms with Gasteiger partial charge in [-0.3, -0.25) is 0 Å². The quantitative estimate of drug-likeness (QED) is 0.140. The van der Waals surface area contributed by atoms with E-state index in [1.165, 1.54) is 127 Å². The van der Waals surface area contributed by atoms with E-state index in [0.29, 0.717) is 0 Å². The van der Waals surface area contributed by atoms with Crippen LogP contribution < -0.4 is 9.80 Å². The minimum absolute atomic E-state index is 0.146. The SMILES string of the molecule is Cc1cc(-c2c3ccccc3c(N(c3ccccc3)c3ccc4c(c3)C(C)(C)c3ccccc3-4)c3ccccc23)cc(-c2c3ccccc3c(N(c3ccccc3)c3ccc4c(c3)C(C)(C)c3ccccc3-4)c3ccccc23)c1. The van der Waals surface area contributed by atoms with Crippen LogP contribution in [0.15, 0.2) is 261 Å². The molecule has 0 aromatic heterocycles. The van der Waals surface area contributed by atoms with Crippen molar-refractivity contribution < 1.29 is 0 Å². The normalized spacial score (nSPS) is 13.6. The molecule has 0 bridgehead atoms. The summed E-state index contributed by atoms with van der Waals surface area (Å²) in [5.41, 5.74) is 23.4. The number of hydrogen-bond donors (Lipinski definition) is 0. The van der Waals surface area contributed by atoms with E-state index in [0.717, 1.165) is 22.7 Å². The molecule has 2 nitrogen and oxygen atoms in total. The summed E-state index contributed by atoms with van der Waals surface area (Å²) >= 11 is 0. The van der Waals surface area contributed by atoms with Gasteiger partial charge in [0, 0.05) is 55.1 Å². The number of benzene rings is 13. The molecule has 0 N–H and O–H groups in total. The van der Waals surface area contributed by atoms with Crippen LogP contribution in [0, 0.1) is 6.92 Å². The monoisotopic (exact) mass is 1010 g/mol. The first-order chi connectivity index (χ1) is 38.6. The zero-order valence-corrected chi connectivity index (χ0v) is 45.2. The second kappa shape index (κ2) is 17.8. The Hall–Kier alpha value is -9.50. The number of hydrogen-bond acceptors (Lipinski definition) is 2. The van der Waals surface area contributed by atoms with Crippen LogP contribution in [-0.2, 0) is 10.8 Å². The first-order valence-electron chi connectivity index (χ1n) is 27.8. The Morgan fingerprint density at radius 2 is 0.557 bits per heavy atom. The highest BCUT2D eigenvalue weighted by Crippen LogP contribution is 2.56. The maximum absolute atomic E-state index is 2.51. The van der Waals surface area contributed by atoms with E-state index in [4.69, 9.17) is 0 Å². The summed E-state index contributed by atoms with van der Waals surface area (Å²) in [6.07, 6.45) is 0. The molecule has 0 heterocycles. The number of rotatable bonds is 8. The molecule has 13 aromatic carbocycles.